The lowest BCUT2D eigenvalue weighted by molar-refractivity contribution is 0.0693. The molecule has 1 aromatic carbocycles. The summed E-state index contributed by atoms with van der Waals surface area (Å²) in [5, 5.41) is 11.4. The fourth-order valence-corrected chi connectivity index (χ4v) is 1.77. The summed E-state index contributed by atoms with van der Waals surface area (Å²) in [6.07, 6.45) is 2.64. The van der Waals surface area contributed by atoms with E-state index in [1.54, 1.807) is 0 Å². The van der Waals surface area contributed by atoms with Gasteiger partial charge in [0.1, 0.15) is 11.4 Å². The van der Waals surface area contributed by atoms with Crippen molar-refractivity contribution in [1.29, 1.82) is 0 Å². The normalized spacial score (nSPS) is 10.1. The summed E-state index contributed by atoms with van der Waals surface area (Å²) in [6, 6.07) is 4.99. The fraction of sp³-hybridized carbons (Fsp3) is 0. The predicted molar refractivity (Wildman–Crippen MR) is 70.6 cm³/mol. The third-order valence-corrected chi connectivity index (χ3v) is 2.82. The summed E-state index contributed by atoms with van der Waals surface area (Å²) >= 11 is 5.83. The Bertz CT molecular complexity index is 691. The molecule has 7 heteroatoms. The molecule has 0 unspecified atom stereocenters. The zero-order chi connectivity index (χ0) is 14.7. The van der Waals surface area contributed by atoms with Gasteiger partial charge in [-0.2, -0.15) is 0 Å². The minimum atomic E-state index is -1.48. The van der Waals surface area contributed by atoms with Crippen molar-refractivity contribution in [2.75, 3.05) is 5.32 Å². The Morgan fingerprint density at radius 3 is 2.70 bits per heavy atom. The van der Waals surface area contributed by atoms with Crippen molar-refractivity contribution in [3.05, 3.63) is 58.6 Å². The summed E-state index contributed by atoms with van der Waals surface area (Å²) < 4.78 is 13.5. The molecule has 0 saturated carbocycles. The number of carbonyl (C=O) groups excluding carboxylic acids is 1. The second-order valence-corrected chi connectivity index (χ2v) is 4.18. The second-order valence-electron chi connectivity index (χ2n) is 3.78. The molecule has 0 aliphatic rings. The molecule has 1 heterocycles. The molecule has 0 fully saturated rings. The molecule has 2 N–H and O–H groups in total. The van der Waals surface area contributed by atoms with Gasteiger partial charge in [0.2, 0.25) is 0 Å². The van der Waals surface area contributed by atoms with Crippen molar-refractivity contribution in [3.8, 4) is 0 Å². The van der Waals surface area contributed by atoms with E-state index in [0.717, 1.165) is 6.07 Å². The SMILES string of the molecule is O=C(Nc1cccc(F)c1C(=O)O)c1cnccc1Cl. The number of benzene rings is 1. The zero-order valence-electron chi connectivity index (χ0n) is 9.93. The first kappa shape index (κ1) is 14.0. The van der Waals surface area contributed by atoms with Crippen LogP contribution >= 0.6 is 11.6 Å². The van der Waals surface area contributed by atoms with E-state index in [1.807, 2.05) is 0 Å². The Labute approximate surface area is 118 Å². The number of halogens is 2. The number of hydrogen-bond donors (Lipinski definition) is 2. The molecule has 0 radical (unpaired) electrons. The molecule has 102 valence electrons. The Kier molecular flexibility index (Phi) is 3.95. The van der Waals surface area contributed by atoms with Crippen LogP contribution < -0.4 is 5.32 Å². The lowest BCUT2D eigenvalue weighted by Crippen LogP contribution is -2.16. The summed E-state index contributed by atoms with van der Waals surface area (Å²) in [5.74, 6) is -3.08. The van der Waals surface area contributed by atoms with Crippen LogP contribution in [0.1, 0.15) is 20.7 Å². The van der Waals surface area contributed by atoms with Gasteiger partial charge in [-0.25, -0.2) is 9.18 Å². The number of carbonyl (C=O) groups is 2. The minimum Gasteiger partial charge on any atom is -0.478 e. The van der Waals surface area contributed by atoms with Gasteiger partial charge in [-0.1, -0.05) is 17.7 Å². The van der Waals surface area contributed by atoms with Crippen molar-refractivity contribution in [1.82, 2.24) is 4.98 Å². The first-order valence-electron chi connectivity index (χ1n) is 5.43. The molecular weight excluding hydrogens is 287 g/mol. The molecule has 0 atom stereocenters. The summed E-state index contributed by atoms with van der Waals surface area (Å²) in [6.45, 7) is 0. The number of nitrogens with one attached hydrogen (secondary N) is 1. The Morgan fingerprint density at radius 1 is 1.30 bits per heavy atom. The number of nitrogens with zero attached hydrogens (tertiary/aromatic N) is 1. The third kappa shape index (κ3) is 2.75. The third-order valence-electron chi connectivity index (χ3n) is 2.49. The minimum absolute atomic E-state index is 0.0646. The van der Waals surface area contributed by atoms with E-state index < -0.39 is 23.3 Å². The quantitative estimate of drug-likeness (QED) is 0.912. The van der Waals surface area contributed by atoms with Gasteiger partial charge in [0, 0.05) is 12.4 Å². The molecule has 1 aromatic heterocycles. The highest BCUT2D eigenvalue weighted by Crippen LogP contribution is 2.21. The van der Waals surface area contributed by atoms with Gasteiger partial charge in [-0.15, -0.1) is 0 Å². The second kappa shape index (κ2) is 5.66. The molecule has 0 aliphatic heterocycles. The van der Waals surface area contributed by atoms with E-state index in [2.05, 4.69) is 10.3 Å². The highest BCUT2D eigenvalue weighted by Gasteiger charge is 2.18. The molecule has 0 bridgehead atoms. The summed E-state index contributed by atoms with van der Waals surface area (Å²) in [5.41, 5.74) is -0.696. The van der Waals surface area contributed by atoms with Gasteiger partial charge in [0.15, 0.2) is 0 Å². The molecule has 1 amide bonds. The fourth-order valence-electron chi connectivity index (χ4n) is 1.58. The van der Waals surface area contributed by atoms with Crippen LogP contribution in [0.25, 0.3) is 0 Å². The average molecular weight is 295 g/mol. The van der Waals surface area contributed by atoms with Crippen LogP contribution in [0.15, 0.2) is 36.7 Å². The first-order chi connectivity index (χ1) is 9.50. The topological polar surface area (TPSA) is 79.3 Å². The van der Waals surface area contributed by atoms with Crippen molar-refractivity contribution < 1.29 is 19.1 Å². The first-order valence-corrected chi connectivity index (χ1v) is 5.81. The molecule has 0 aliphatic carbocycles. The maximum Gasteiger partial charge on any atom is 0.340 e. The van der Waals surface area contributed by atoms with Crippen LogP contribution in [0.2, 0.25) is 5.02 Å². The van der Waals surface area contributed by atoms with Crippen LogP contribution in [-0.4, -0.2) is 22.0 Å². The van der Waals surface area contributed by atoms with Crippen molar-refractivity contribution in [3.63, 3.8) is 0 Å². The number of carboxylic acid groups (broad SMARTS) is 1. The predicted octanol–water partition coefficient (Wildman–Crippen LogP) is 2.82. The lowest BCUT2D eigenvalue weighted by Gasteiger charge is -2.09. The number of carboxylic acids is 1. The number of hydrogen-bond acceptors (Lipinski definition) is 3. The number of aromatic nitrogens is 1. The van der Waals surface area contributed by atoms with Crippen molar-refractivity contribution in [2.24, 2.45) is 0 Å². The van der Waals surface area contributed by atoms with Crippen LogP contribution in [-0.2, 0) is 0 Å². The standard InChI is InChI=1S/C13H8ClFN2O3/c14-8-4-5-16-6-7(8)12(18)17-10-3-1-2-9(15)11(10)13(19)20/h1-6H,(H,17,18)(H,19,20). The molecule has 5 nitrogen and oxygen atoms in total. The highest BCUT2D eigenvalue weighted by molar-refractivity contribution is 6.34. The van der Waals surface area contributed by atoms with Gasteiger partial charge in [-0.3, -0.25) is 9.78 Å². The molecule has 0 spiro atoms. The van der Waals surface area contributed by atoms with Crippen LogP contribution in [0, 0.1) is 5.82 Å². The molecule has 20 heavy (non-hydrogen) atoms. The van der Waals surface area contributed by atoms with Gasteiger partial charge in [0.25, 0.3) is 5.91 Å². The van der Waals surface area contributed by atoms with Gasteiger partial charge >= 0.3 is 5.97 Å². The highest BCUT2D eigenvalue weighted by atomic mass is 35.5. The average Bonchev–Trinajstić information content (AvgIpc) is 2.38. The Morgan fingerprint density at radius 2 is 2.05 bits per heavy atom. The number of anilines is 1. The van der Waals surface area contributed by atoms with Crippen molar-refractivity contribution in [2.45, 2.75) is 0 Å². The molecular formula is C13H8ClFN2O3. The monoisotopic (exact) mass is 294 g/mol. The van der Waals surface area contributed by atoms with E-state index in [9.17, 15) is 14.0 Å². The van der Waals surface area contributed by atoms with E-state index in [-0.39, 0.29) is 16.3 Å². The van der Waals surface area contributed by atoms with Crippen LogP contribution in [0.4, 0.5) is 10.1 Å². The van der Waals surface area contributed by atoms with Crippen molar-refractivity contribution >= 4 is 29.2 Å². The van der Waals surface area contributed by atoms with Gasteiger partial charge in [-0.05, 0) is 18.2 Å². The Balaban J connectivity index is 2.36. The zero-order valence-corrected chi connectivity index (χ0v) is 10.7. The number of rotatable bonds is 3. The smallest absolute Gasteiger partial charge is 0.340 e. The Hall–Kier alpha value is -2.47. The van der Waals surface area contributed by atoms with E-state index in [1.165, 1.54) is 30.6 Å². The van der Waals surface area contributed by atoms with Crippen LogP contribution in [0.5, 0.6) is 0 Å². The van der Waals surface area contributed by atoms with E-state index in [4.69, 9.17) is 16.7 Å². The summed E-state index contributed by atoms with van der Waals surface area (Å²) in [4.78, 5) is 26.7. The maximum absolute atomic E-state index is 13.5. The van der Waals surface area contributed by atoms with E-state index in [0.29, 0.717) is 0 Å². The maximum atomic E-state index is 13.5. The molecule has 2 rings (SSSR count). The summed E-state index contributed by atoms with van der Waals surface area (Å²) in [7, 11) is 0. The van der Waals surface area contributed by atoms with Gasteiger partial charge < -0.3 is 10.4 Å². The lowest BCUT2D eigenvalue weighted by atomic mass is 10.1. The number of amides is 1. The van der Waals surface area contributed by atoms with Gasteiger partial charge in [0.05, 0.1) is 16.3 Å². The number of aromatic carboxylic acids is 1. The number of pyridine rings is 1. The largest absolute Gasteiger partial charge is 0.478 e. The van der Waals surface area contributed by atoms with Crippen LogP contribution in [0.3, 0.4) is 0 Å². The van der Waals surface area contributed by atoms with E-state index >= 15 is 0 Å². The molecule has 0 saturated heterocycles. The molecule has 2 aromatic rings.